The molecule has 0 N–H and O–H groups in total. The fourth-order valence-corrected chi connectivity index (χ4v) is 3.92. The van der Waals surface area contributed by atoms with Gasteiger partial charge in [-0.1, -0.05) is 6.42 Å². The molecule has 25 heavy (non-hydrogen) atoms. The van der Waals surface area contributed by atoms with E-state index in [1.807, 2.05) is 29.8 Å². The van der Waals surface area contributed by atoms with Gasteiger partial charge in [-0.2, -0.15) is 5.10 Å². The summed E-state index contributed by atoms with van der Waals surface area (Å²) in [7, 11) is 3.34. The molecule has 0 radical (unpaired) electrons. The maximum Gasteiger partial charge on any atom is 0.206 e. The average molecular weight is 359 g/mol. The Morgan fingerprint density at radius 1 is 1.12 bits per heavy atom. The van der Waals surface area contributed by atoms with Crippen LogP contribution in [-0.2, 0) is 0 Å². The van der Waals surface area contributed by atoms with E-state index in [0.717, 1.165) is 46.9 Å². The van der Waals surface area contributed by atoms with Crippen molar-refractivity contribution in [2.75, 3.05) is 20.8 Å². The molecule has 1 saturated carbocycles. The molecule has 1 aromatic heterocycles. The minimum absolute atomic E-state index is 0.741. The zero-order valence-electron chi connectivity index (χ0n) is 15.1. The van der Waals surface area contributed by atoms with Gasteiger partial charge in [0, 0.05) is 29.3 Å². The first-order chi connectivity index (χ1) is 12.3. The van der Waals surface area contributed by atoms with Gasteiger partial charge in [0.25, 0.3) is 0 Å². The molecular formula is C19H25N3O2S. The average Bonchev–Trinajstić information content (AvgIpc) is 3.04. The van der Waals surface area contributed by atoms with E-state index in [9.17, 15) is 0 Å². The number of methoxy groups -OCH3 is 2. The lowest BCUT2D eigenvalue weighted by molar-refractivity contribution is 0.395. The molecular weight excluding hydrogens is 334 g/mol. The fourth-order valence-electron chi connectivity index (χ4n) is 3.04. The van der Waals surface area contributed by atoms with Gasteiger partial charge in [0.15, 0.2) is 0 Å². The number of benzene rings is 1. The highest BCUT2D eigenvalue weighted by molar-refractivity contribution is 7.07. The molecule has 0 amide bonds. The zero-order chi connectivity index (χ0) is 17.6. The molecule has 6 heteroatoms. The van der Waals surface area contributed by atoms with Gasteiger partial charge in [-0.3, -0.25) is 4.99 Å². The zero-order valence-corrected chi connectivity index (χ0v) is 15.9. The van der Waals surface area contributed by atoms with Crippen LogP contribution in [0.1, 0.15) is 39.0 Å². The lowest BCUT2D eigenvalue weighted by Crippen LogP contribution is -2.16. The first kappa shape index (κ1) is 17.7. The van der Waals surface area contributed by atoms with E-state index in [1.54, 1.807) is 25.6 Å². The Morgan fingerprint density at radius 2 is 1.92 bits per heavy atom. The van der Waals surface area contributed by atoms with Crippen LogP contribution in [0.15, 0.2) is 33.7 Å². The van der Waals surface area contributed by atoms with Crippen molar-refractivity contribution in [3.05, 3.63) is 28.4 Å². The molecule has 1 aliphatic rings. The molecule has 0 aliphatic heterocycles. The number of rotatable bonds is 5. The summed E-state index contributed by atoms with van der Waals surface area (Å²) in [6.07, 6.45) is 5.91. The summed E-state index contributed by atoms with van der Waals surface area (Å²) in [4.78, 5) is 5.54. The van der Waals surface area contributed by atoms with Gasteiger partial charge in [-0.15, -0.1) is 11.3 Å². The van der Waals surface area contributed by atoms with Crippen LogP contribution in [0.4, 0.5) is 0 Å². The van der Waals surface area contributed by atoms with Crippen LogP contribution in [0.25, 0.3) is 11.3 Å². The molecule has 0 saturated heterocycles. The van der Waals surface area contributed by atoms with E-state index in [4.69, 9.17) is 14.6 Å². The van der Waals surface area contributed by atoms with Crippen molar-refractivity contribution < 1.29 is 9.47 Å². The molecule has 1 fully saturated rings. The Labute approximate surface area is 152 Å². The third kappa shape index (κ3) is 3.95. The van der Waals surface area contributed by atoms with E-state index in [1.165, 1.54) is 25.0 Å². The molecule has 0 spiro atoms. The van der Waals surface area contributed by atoms with Crippen LogP contribution < -0.4 is 14.3 Å². The second-order valence-corrected chi connectivity index (χ2v) is 6.82. The van der Waals surface area contributed by atoms with Crippen molar-refractivity contribution >= 4 is 17.0 Å². The van der Waals surface area contributed by atoms with Crippen molar-refractivity contribution in [1.82, 2.24) is 4.68 Å². The molecule has 1 aliphatic carbocycles. The van der Waals surface area contributed by atoms with E-state index in [0.29, 0.717) is 0 Å². The first-order valence-corrected chi connectivity index (χ1v) is 9.65. The third-order valence-electron chi connectivity index (χ3n) is 4.34. The highest BCUT2D eigenvalue weighted by atomic mass is 32.1. The third-order valence-corrected chi connectivity index (χ3v) is 5.19. The van der Waals surface area contributed by atoms with Gasteiger partial charge in [-0.25, -0.2) is 4.68 Å². The molecule has 3 rings (SSSR count). The van der Waals surface area contributed by atoms with Crippen LogP contribution in [0, 0.1) is 0 Å². The van der Waals surface area contributed by atoms with Gasteiger partial charge in [0.2, 0.25) is 4.80 Å². The van der Waals surface area contributed by atoms with Crippen LogP contribution >= 0.6 is 11.3 Å². The van der Waals surface area contributed by atoms with Gasteiger partial charge in [0.05, 0.1) is 19.9 Å². The number of hydrogen-bond acceptors (Lipinski definition) is 5. The second-order valence-electron chi connectivity index (χ2n) is 5.98. The lowest BCUT2D eigenvalue weighted by Gasteiger charge is -2.14. The Bertz CT molecular complexity index is 812. The standard InChI is InChI=1S/C19H25N3O2S/c1-4-20-19-22(21-14-8-6-5-7-9-14)17(13-25-19)16-11-10-15(23-2)12-18(16)24-3/h10-13H,4-9H2,1-3H3. The minimum Gasteiger partial charge on any atom is -0.497 e. The molecule has 0 bridgehead atoms. The van der Waals surface area contributed by atoms with E-state index in [2.05, 4.69) is 10.4 Å². The summed E-state index contributed by atoms with van der Waals surface area (Å²) in [5, 5.41) is 7.06. The van der Waals surface area contributed by atoms with Crippen molar-refractivity contribution in [1.29, 1.82) is 0 Å². The molecule has 1 aromatic carbocycles. The summed E-state index contributed by atoms with van der Waals surface area (Å²) in [5.74, 6) is 1.55. The van der Waals surface area contributed by atoms with Crippen molar-refractivity contribution in [3.8, 4) is 22.8 Å². The number of nitrogens with zero attached hydrogens (tertiary/aromatic N) is 3. The quantitative estimate of drug-likeness (QED) is 0.798. The number of thiazole rings is 1. The van der Waals surface area contributed by atoms with Gasteiger partial charge in [0.1, 0.15) is 11.5 Å². The molecule has 1 heterocycles. The smallest absolute Gasteiger partial charge is 0.206 e. The van der Waals surface area contributed by atoms with Crippen LogP contribution in [-0.4, -0.2) is 31.2 Å². The molecule has 2 aromatic rings. The minimum atomic E-state index is 0.741. The van der Waals surface area contributed by atoms with E-state index in [-0.39, 0.29) is 0 Å². The number of aromatic nitrogens is 1. The topological polar surface area (TPSA) is 48.1 Å². The Morgan fingerprint density at radius 3 is 2.60 bits per heavy atom. The van der Waals surface area contributed by atoms with E-state index >= 15 is 0 Å². The van der Waals surface area contributed by atoms with E-state index < -0.39 is 0 Å². The lowest BCUT2D eigenvalue weighted by atomic mass is 9.99. The maximum absolute atomic E-state index is 5.59. The molecule has 0 atom stereocenters. The highest BCUT2D eigenvalue weighted by Gasteiger charge is 2.15. The van der Waals surface area contributed by atoms with Gasteiger partial charge in [-0.05, 0) is 44.7 Å². The Balaban J connectivity index is 2.12. The van der Waals surface area contributed by atoms with Gasteiger partial charge < -0.3 is 9.47 Å². The van der Waals surface area contributed by atoms with Crippen LogP contribution in [0.3, 0.4) is 0 Å². The summed E-state index contributed by atoms with van der Waals surface area (Å²) in [5.41, 5.74) is 3.27. The SMILES string of the molecule is CCN=c1scc(-c2ccc(OC)cc2OC)n1N=C1CCCCC1. The van der Waals surface area contributed by atoms with Crippen LogP contribution in [0.5, 0.6) is 11.5 Å². The summed E-state index contributed by atoms with van der Waals surface area (Å²) in [6, 6.07) is 5.87. The number of hydrogen-bond donors (Lipinski definition) is 0. The largest absolute Gasteiger partial charge is 0.497 e. The number of ether oxygens (including phenoxy) is 2. The normalized spacial score (nSPS) is 15.3. The van der Waals surface area contributed by atoms with Crippen molar-refractivity contribution in [2.24, 2.45) is 10.1 Å². The van der Waals surface area contributed by atoms with Crippen molar-refractivity contribution in [3.63, 3.8) is 0 Å². The maximum atomic E-state index is 5.59. The Kier molecular flexibility index (Phi) is 5.91. The first-order valence-electron chi connectivity index (χ1n) is 8.77. The summed E-state index contributed by atoms with van der Waals surface area (Å²) in [6.45, 7) is 2.79. The predicted octanol–water partition coefficient (Wildman–Crippen LogP) is 4.32. The van der Waals surface area contributed by atoms with Gasteiger partial charge >= 0.3 is 0 Å². The molecule has 0 unspecified atom stereocenters. The molecule has 5 nitrogen and oxygen atoms in total. The predicted molar refractivity (Wildman–Crippen MR) is 103 cm³/mol. The Hall–Kier alpha value is -2.08. The molecule has 134 valence electrons. The highest BCUT2D eigenvalue weighted by Crippen LogP contribution is 2.33. The second kappa shape index (κ2) is 8.34. The summed E-state index contributed by atoms with van der Waals surface area (Å²) < 4.78 is 12.9. The fraction of sp³-hybridized carbons (Fsp3) is 0.474. The van der Waals surface area contributed by atoms with Crippen LogP contribution in [0.2, 0.25) is 0 Å². The monoisotopic (exact) mass is 359 g/mol. The van der Waals surface area contributed by atoms with Crippen molar-refractivity contribution in [2.45, 2.75) is 39.0 Å². The summed E-state index contributed by atoms with van der Waals surface area (Å²) >= 11 is 1.62.